The zero-order valence-corrected chi connectivity index (χ0v) is 13.4. The second-order valence-electron chi connectivity index (χ2n) is 5.37. The number of aromatic nitrogens is 3. The van der Waals surface area contributed by atoms with Crippen molar-refractivity contribution in [3.05, 3.63) is 60.2 Å². The van der Waals surface area contributed by atoms with Crippen molar-refractivity contribution in [3.63, 3.8) is 0 Å². The molecule has 1 aromatic carbocycles. The number of aryl methyl sites for hydroxylation is 1. The number of anilines is 1. The third-order valence-corrected chi connectivity index (χ3v) is 3.72. The van der Waals surface area contributed by atoms with Gasteiger partial charge in [-0.2, -0.15) is 0 Å². The zero-order valence-electron chi connectivity index (χ0n) is 13.4. The van der Waals surface area contributed by atoms with Crippen molar-refractivity contribution in [2.75, 3.05) is 12.8 Å². The van der Waals surface area contributed by atoms with Gasteiger partial charge in [-0.25, -0.2) is 9.97 Å². The molecule has 3 rings (SSSR count). The number of rotatable bonds is 3. The van der Waals surface area contributed by atoms with E-state index in [9.17, 15) is 4.79 Å². The fourth-order valence-electron chi connectivity index (χ4n) is 2.42. The summed E-state index contributed by atoms with van der Waals surface area (Å²) < 4.78 is 0. The molecule has 3 N–H and O–H groups in total. The van der Waals surface area contributed by atoms with Gasteiger partial charge in [-0.15, -0.1) is 0 Å². The fraction of sp³-hybridized carbons (Fsp3) is 0.111. The average molecular weight is 319 g/mol. The Morgan fingerprint density at radius 2 is 1.83 bits per heavy atom. The summed E-state index contributed by atoms with van der Waals surface area (Å²) in [6.45, 7) is 2.01. The highest BCUT2D eigenvalue weighted by atomic mass is 16.1. The first-order valence-electron chi connectivity index (χ1n) is 7.45. The Hall–Kier alpha value is -3.28. The monoisotopic (exact) mass is 319 g/mol. The van der Waals surface area contributed by atoms with Gasteiger partial charge in [0, 0.05) is 30.1 Å². The maximum atomic E-state index is 11.7. The van der Waals surface area contributed by atoms with E-state index in [4.69, 9.17) is 5.73 Å². The van der Waals surface area contributed by atoms with Gasteiger partial charge >= 0.3 is 0 Å². The van der Waals surface area contributed by atoms with Gasteiger partial charge in [-0.3, -0.25) is 9.78 Å². The Morgan fingerprint density at radius 1 is 1.04 bits per heavy atom. The van der Waals surface area contributed by atoms with Gasteiger partial charge in [0.1, 0.15) is 12.0 Å². The minimum Gasteiger partial charge on any atom is -0.399 e. The lowest BCUT2D eigenvalue weighted by Crippen LogP contribution is -2.19. The number of nitrogens with zero attached hydrogens (tertiary/aromatic N) is 3. The van der Waals surface area contributed by atoms with Gasteiger partial charge in [0.05, 0.1) is 11.4 Å². The molecule has 2 aromatic heterocycles. The van der Waals surface area contributed by atoms with E-state index in [2.05, 4.69) is 20.3 Å². The molecule has 3 aromatic rings. The first kappa shape index (κ1) is 15.6. The van der Waals surface area contributed by atoms with Gasteiger partial charge < -0.3 is 11.1 Å². The molecule has 6 nitrogen and oxygen atoms in total. The largest absolute Gasteiger partial charge is 0.399 e. The molecule has 0 aliphatic heterocycles. The summed E-state index contributed by atoms with van der Waals surface area (Å²) >= 11 is 0. The minimum atomic E-state index is -0.238. The third-order valence-electron chi connectivity index (χ3n) is 3.72. The second kappa shape index (κ2) is 6.45. The van der Waals surface area contributed by atoms with Crippen LogP contribution in [0.2, 0.25) is 0 Å². The molecule has 24 heavy (non-hydrogen) atoms. The average Bonchev–Trinajstić information content (AvgIpc) is 2.63. The molecule has 0 saturated heterocycles. The van der Waals surface area contributed by atoms with Crippen LogP contribution in [0.5, 0.6) is 0 Å². The number of hydrogen-bond donors (Lipinski definition) is 2. The van der Waals surface area contributed by atoms with Crippen LogP contribution in [0.4, 0.5) is 5.69 Å². The van der Waals surface area contributed by atoms with Gasteiger partial charge in [0.15, 0.2) is 0 Å². The molecule has 0 aliphatic carbocycles. The van der Waals surface area contributed by atoms with Crippen LogP contribution in [0.3, 0.4) is 0 Å². The second-order valence-corrected chi connectivity index (χ2v) is 5.37. The normalized spacial score (nSPS) is 10.4. The van der Waals surface area contributed by atoms with Crippen LogP contribution in [0.25, 0.3) is 22.5 Å². The van der Waals surface area contributed by atoms with Crippen molar-refractivity contribution in [1.82, 2.24) is 20.3 Å². The summed E-state index contributed by atoms with van der Waals surface area (Å²) in [4.78, 5) is 24.5. The Bertz CT molecular complexity index is 907. The Kier molecular flexibility index (Phi) is 4.20. The van der Waals surface area contributed by atoms with E-state index in [1.807, 2.05) is 37.3 Å². The number of carbonyl (C=O) groups excluding carboxylic acids is 1. The van der Waals surface area contributed by atoms with Crippen LogP contribution in [0.1, 0.15) is 16.1 Å². The van der Waals surface area contributed by atoms with Crippen LogP contribution >= 0.6 is 0 Å². The molecule has 120 valence electrons. The molecule has 0 fully saturated rings. The Balaban J connectivity index is 2.05. The smallest absolute Gasteiger partial charge is 0.269 e. The molecular weight excluding hydrogens is 302 g/mol. The fourth-order valence-corrected chi connectivity index (χ4v) is 2.42. The van der Waals surface area contributed by atoms with Crippen LogP contribution in [-0.2, 0) is 0 Å². The molecule has 0 unspecified atom stereocenters. The van der Waals surface area contributed by atoms with E-state index in [1.165, 1.54) is 6.33 Å². The molecule has 6 heteroatoms. The van der Waals surface area contributed by atoms with Crippen LogP contribution in [0.15, 0.2) is 48.9 Å². The predicted molar refractivity (Wildman–Crippen MR) is 93.2 cm³/mol. The van der Waals surface area contributed by atoms with Gasteiger partial charge in [-0.05, 0) is 42.8 Å². The highest BCUT2D eigenvalue weighted by Gasteiger charge is 2.10. The van der Waals surface area contributed by atoms with Gasteiger partial charge in [0.2, 0.25) is 0 Å². The summed E-state index contributed by atoms with van der Waals surface area (Å²) in [5.74, 6) is -0.238. The van der Waals surface area contributed by atoms with Crippen molar-refractivity contribution in [2.45, 2.75) is 6.92 Å². The number of pyridine rings is 1. The van der Waals surface area contributed by atoms with Gasteiger partial charge in [0.25, 0.3) is 5.91 Å². The maximum Gasteiger partial charge on any atom is 0.269 e. The van der Waals surface area contributed by atoms with Crippen LogP contribution < -0.4 is 11.1 Å². The first-order valence-corrected chi connectivity index (χ1v) is 7.45. The van der Waals surface area contributed by atoms with Crippen molar-refractivity contribution in [3.8, 4) is 22.5 Å². The van der Waals surface area contributed by atoms with E-state index in [0.29, 0.717) is 11.4 Å². The summed E-state index contributed by atoms with van der Waals surface area (Å²) in [7, 11) is 1.57. The SMILES string of the molecule is CNC(=O)c1cc(-c2cc(-c3cc(N)ccc3C)ncn2)ccn1. The summed E-state index contributed by atoms with van der Waals surface area (Å²) in [5.41, 5.74) is 11.2. The lowest BCUT2D eigenvalue weighted by atomic mass is 10.0. The molecule has 0 bridgehead atoms. The van der Waals surface area contributed by atoms with E-state index in [1.54, 1.807) is 19.3 Å². The molecule has 0 atom stereocenters. The molecule has 0 radical (unpaired) electrons. The summed E-state index contributed by atoms with van der Waals surface area (Å²) in [5, 5.41) is 2.56. The number of nitrogen functional groups attached to an aromatic ring is 1. The lowest BCUT2D eigenvalue weighted by Gasteiger charge is -2.08. The zero-order chi connectivity index (χ0) is 17.1. The first-order chi connectivity index (χ1) is 11.6. The Labute approximate surface area is 139 Å². The van der Waals surface area contributed by atoms with Crippen LogP contribution in [0, 0.1) is 6.92 Å². The van der Waals surface area contributed by atoms with E-state index in [0.717, 1.165) is 28.1 Å². The Morgan fingerprint density at radius 3 is 2.62 bits per heavy atom. The minimum absolute atomic E-state index is 0.238. The van der Waals surface area contributed by atoms with E-state index < -0.39 is 0 Å². The number of benzene rings is 1. The number of nitrogens with two attached hydrogens (primary N) is 1. The standard InChI is InChI=1S/C18H17N5O/c1-11-3-4-13(19)8-14(11)16-9-15(22-10-23-16)12-5-6-21-17(7-12)18(24)20-2/h3-10H,19H2,1-2H3,(H,20,24). The van der Waals surface area contributed by atoms with Crippen molar-refractivity contribution >= 4 is 11.6 Å². The number of carbonyl (C=O) groups is 1. The number of amides is 1. The molecular formula is C18H17N5O. The van der Waals surface area contributed by atoms with E-state index >= 15 is 0 Å². The molecule has 0 saturated carbocycles. The van der Waals surface area contributed by atoms with Crippen molar-refractivity contribution in [1.29, 1.82) is 0 Å². The summed E-state index contributed by atoms with van der Waals surface area (Å²) in [6.07, 6.45) is 3.10. The summed E-state index contributed by atoms with van der Waals surface area (Å²) in [6, 6.07) is 11.1. The van der Waals surface area contributed by atoms with Crippen LogP contribution in [-0.4, -0.2) is 27.9 Å². The van der Waals surface area contributed by atoms with Crippen molar-refractivity contribution in [2.24, 2.45) is 0 Å². The highest BCUT2D eigenvalue weighted by Crippen LogP contribution is 2.26. The van der Waals surface area contributed by atoms with Gasteiger partial charge in [-0.1, -0.05) is 6.07 Å². The third kappa shape index (κ3) is 3.08. The predicted octanol–water partition coefficient (Wildman–Crippen LogP) is 2.46. The molecule has 0 spiro atoms. The maximum absolute atomic E-state index is 11.7. The topological polar surface area (TPSA) is 93.8 Å². The highest BCUT2D eigenvalue weighted by molar-refractivity contribution is 5.93. The quantitative estimate of drug-likeness (QED) is 0.723. The number of hydrogen-bond acceptors (Lipinski definition) is 5. The number of nitrogens with one attached hydrogen (secondary N) is 1. The molecule has 0 aliphatic rings. The lowest BCUT2D eigenvalue weighted by molar-refractivity contribution is 0.0958. The molecule has 2 heterocycles. The van der Waals surface area contributed by atoms with Crippen molar-refractivity contribution < 1.29 is 4.79 Å². The molecule has 1 amide bonds. The van der Waals surface area contributed by atoms with E-state index in [-0.39, 0.29) is 5.91 Å².